The monoisotopic (exact) mass is 464 g/mol. The van der Waals surface area contributed by atoms with E-state index in [9.17, 15) is 0 Å². The van der Waals surface area contributed by atoms with Gasteiger partial charge in [0.15, 0.2) is 0 Å². The average Bonchev–Trinajstić information content (AvgIpc) is 2.86. The van der Waals surface area contributed by atoms with Crippen LogP contribution in [0.15, 0.2) is 110 Å². The summed E-state index contributed by atoms with van der Waals surface area (Å²) < 4.78 is 16.6. The SMILES string of the molecule is C=CC(=C)OCCOCCOCc1cccc(P(=S)(c2ccccc2)c2ccccc2)c1. The van der Waals surface area contributed by atoms with Crippen LogP contribution in [-0.4, -0.2) is 26.4 Å². The van der Waals surface area contributed by atoms with Crippen molar-refractivity contribution in [3.8, 4) is 0 Å². The second kappa shape index (κ2) is 12.5. The van der Waals surface area contributed by atoms with Crippen LogP contribution in [0.2, 0.25) is 0 Å². The van der Waals surface area contributed by atoms with Gasteiger partial charge in [-0.05, 0) is 33.6 Å². The van der Waals surface area contributed by atoms with Crippen molar-refractivity contribution in [3.63, 3.8) is 0 Å². The molecule has 0 N–H and O–H groups in total. The normalized spacial score (nSPS) is 11.1. The molecule has 0 aliphatic rings. The summed E-state index contributed by atoms with van der Waals surface area (Å²) in [7, 11) is 0. The first-order valence-electron chi connectivity index (χ1n) is 10.5. The molecule has 3 aromatic rings. The molecule has 3 rings (SSSR count). The first-order valence-corrected chi connectivity index (χ1v) is 13.3. The van der Waals surface area contributed by atoms with Gasteiger partial charge in [-0.25, -0.2) is 0 Å². The highest BCUT2D eigenvalue weighted by molar-refractivity contribution is 8.25. The van der Waals surface area contributed by atoms with Crippen LogP contribution in [-0.2, 0) is 32.6 Å². The summed E-state index contributed by atoms with van der Waals surface area (Å²) in [5.41, 5.74) is 1.11. The molecule has 166 valence electrons. The molecule has 0 spiro atoms. The molecule has 0 saturated heterocycles. The fourth-order valence-corrected chi connectivity index (χ4v) is 7.06. The van der Waals surface area contributed by atoms with Gasteiger partial charge in [0.05, 0.1) is 26.4 Å². The average molecular weight is 465 g/mol. The fourth-order valence-electron chi connectivity index (χ4n) is 3.27. The van der Waals surface area contributed by atoms with E-state index in [-0.39, 0.29) is 0 Å². The maximum atomic E-state index is 6.41. The third-order valence-electron chi connectivity index (χ3n) is 4.90. The van der Waals surface area contributed by atoms with Crippen LogP contribution >= 0.6 is 6.04 Å². The smallest absolute Gasteiger partial charge is 0.111 e. The molecule has 3 nitrogen and oxygen atoms in total. The van der Waals surface area contributed by atoms with Crippen LogP contribution in [0.1, 0.15) is 5.56 Å². The Morgan fingerprint density at radius 2 is 1.31 bits per heavy atom. The summed E-state index contributed by atoms with van der Waals surface area (Å²) in [6, 6.07) is 27.2. The molecule has 0 aromatic heterocycles. The van der Waals surface area contributed by atoms with Crippen LogP contribution in [0.3, 0.4) is 0 Å². The zero-order chi connectivity index (χ0) is 22.7. The Hall–Kier alpha value is -2.49. The molecule has 0 amide bonds. The van der Waals surface area contributed by atoms with E-state index in [1.807, 2.05) is 12.1 Å². The number of ether oxygens (including phenoxy) is 3. The van der Waals surface area contributed by atoms with Gasteiger partial charge in [-0.1, -0.05) is 104 Å². The van der Waals surface area contributed by atoms with E-state index in [2.05, 4.69) is 86.0 Å². The topological polar surface area (TPSA) is 27.7 Å². The lowest BCUT2D eigenvalue weighted by atomic mass is 10.2. The summed E-state index contributed by atoms with van der Waals surface area (Å²) in [6.07, 6.45) is 1.58. The van der Waals surface area contributed by atoms with Crippen molar-refractivity contribution in [2.24, 2.45) is 0 Å². The zero-order valence-electron chi connectivity index (χ0n) is 18.2. The molecule has 0 radical (unpaired) electrons. The maximum Gasteiger partial charge on any atom is 0.111 e. The van der Waals surface area contributed by atoms with Crippen molar-refractivity contribution in [3.05, 3.63) is 115 Å². The molecule has 0 bridgehead atoms. The minimum absolute atomic E-state index is 0.455. The van der Waals surface area contributed by atoms with Gasteiger partial charge in [-0.2, -0.15) is 0 Å². The molecule has 0 aliphatic heterocycles. The van der Waals surface area contributed by atoms with Gasteiger partial charge in [0.25, 0.3) is 0 Å². The third kappa shape index (κ3) is 6.51. The molecular formula is C27H29O3PS. The first-order chi connectivity index (χ1) is 15.6. The van der Waals surface area contributed by atoms with Crippen molar-refractivity contribution in [2.75, 3.05) is 26.4 Å². The van der Waals surface area contributed by atoms with Gasteiger partial charge < -0.3 is 14.2 Å². The van der Waals surface area contributed by atoms with E-state index in [4.69, 9.17) is 26.0 Å². The molecule has 3 aromatic carbocycles. The maximum absolute atomic E-state index is 6.41. The van der Waals surface area contributed by atoms with Gasteiger partial charge in [-0.15, -0.1) is 0 Å². The first kappa shape index (κ1) is 24.2. The third-order valence-corrected chi connectivity index (χ3v) is 9.85. The van der Waals surface area contributed by atoms with Crippen LogP contribution < -0.4 is 15.9 Å². The lowest BCUT2D eigenvalue weighted by Crippen LogP contribution is -2.25. The summed E-state index contributed by atoms with van der Waals surface area (Å²) in [6.45, 7) is 9.76. The Bertz CT molecular complexity index is 1010. The Morgan fingerprint density at radius 3 is 1.94 bits per heavy atom. The standard InChI is InChI=1S/C27H29O3PS/c1-3-23(2)30-20-19-28-17-18-29-22-24-11-10-16-27(21-24)31(32,25-12-6-4-7-13-25)26-14-8-5-9-15-26/h3-16,21H,1-2,17-20,22H2. The fraction of sp³-hybridized carbons (Fsp3) is 0.185. The number of benzene rings is 3. The Labute approximate surface area is 196 Å². The summed E-state index contributed by atoms with van der Waals surface area (Å²) in [5.74, 6) is 0.552. The van der Waals surface area contributed by atoms with E-state index in [1.165, 1.54) is 15.9 Å². The molecule has 0 saturated carbocycles. The van der Waals surface area contributed by atoms with Gasteiger partial charge in [0.2, 0.25) is 0 Å². The Balaban J connectivity index is 1.63. The molecule has 0 unspecified atom stereocenters. The second-order valence-electron chi connectivity index (χ2n) is 7.13. The number of hydrogen-bond donors (Lipinski definition) is 0. The lowest BCUT2D eigenvalue weighted by Gasteiger charge is -2.24. The van der Waals surface area contributed by atoms with Crippen molar-refractivity contribution in [1.29, 1.82) is 0 Å². The summed E-state index contributed by atoms with van der Waals surface area (Å²) in [5, 5.41) is 3.55. The Morgan fingerprint density at radius 1 is 0.750 bits per heavy atom. The van der Waals surface area contributed by atoms with E-state index in [0.29, 0.717) is 38.8 Å². The highest BCUT2D eigenvalue weighted by Crippen LogP contribution is 2.42. The van der Waals surface area contributed by atoms with Gasteiger partial charge in [0.1, 0.15) is 12.4 Å². The van der Waals surface area contributed by atoms with Crippen molar-refractivity contribution in [1.82, 2.24) is 0 Å². The predicted molar refractivity (Wildman–Crippen MR) is 138 cm³/mol. The molecule has 0 aliphatic carbocycles. The highest BCUT2D eigenvalue weighted by Gasteiger charge is 2.24. The van der Waals surface area contributed by atoms with E-state index < -0.39 is 6.04 Å². The van der Waals surface area contributed by atoms with Crippen LogP contribution in [0.5, 0.6) is 0 Å². The highest BCUT2D eigenvalue weighted by atomic mass is 32.4. The van der Waals surface area contributed by atoms with Crippen LogP contribution in [0.4, 0.5) is 0 Å². The summed E-state index contributed by atoms with van der Waals surface area (Å²) >= 11 is 6.41. The van der Waals surface area contributed by atoms with E-state index >= 15 is 0 Å². The second-order valence-corrected chi connectivity index (χ2v) is 11.5. The number of rotatable bonds is 13. The predicted octanol–water partition coefficient (Wildman–Crippen LogP) is 4.69. The molecular weight excluding hydrogens is 435 g/mol. The molecule has 0 atom stereocenters. The Kier molecular flexibility index (Phi) is 9.45. The van der Waals surface area contributed by atoms with Crippen molar-refractivity contribution in [2.45, 2.75) is 6.61 Å². The molecule has 5 heteroatoms. The summed E-state index contributed by atoms with van der Waals surface area (Å²) in [4.78, 5) is 0. The largest absolute Gasteiger partial charge is 0.492 e. The van der Waals surface area contributed by atoms with E-state index in [0.717, 1.165) is 5.56 Å². The zero-order valence-corrected chi connectivity index (χ0v) is 19.9. The van der Waals surface area contributed by atoms with Gasteiger partial charge in [-0.3, -0.25) is 0 Å². The molecule has 32 heavy (non-hydrogen) atoms. The van der Waals surface area contributed by atoms with E-state index in [1.54, 1.807) is 6.08 Å². The minimum Gasteiger partial charge on any atom is -0.492 e. The van der Waals surface area contributed by atoms with Crippen molar-refractivity contribution >= 4 is 33.8 Å². The lowest BCUT2D eigenvalue weighted by molar-refractivity contribution is 0.0232. The van der Waals surface area contributed by atoms with Gasteiger partial charge >= 0.3 is 0 Å². The minimum atomic E-state index is -2.15. The van der Waals surface area contributed by atoms with Crippen LogP contribution in [0, 0.1) is 0 Å². The molecule has 0 fully saturated rings. The molecule has 0 heterocycles. The number of hydrogen-bond acceptors (Lipinski definition) is 4. The van der Waals surface area contributed by atoms with Crippen molar-refractivity contribution < 1.29 is 14.2 Å². The van der Waals surface area contributed by atoms with Crippen LogP contribution in [0.25, 0.3) is 0 Å². The van der Waals surface area contributed by atoms with Gasteiger partial charge in [0, 0.05) is 6.04 Å². The quantitative estimate of drug-likeness (QED) is 0.159. The number of allylic oxidation sites excluding steroid dienone is 1.